The molecular formula is C32H37N3O3. The molecule has 198 valence electrons. The number of hydrogen-bond donors (Lipinski definition) is 2. The van der Waals surface area contributed by atoms with E-state index in [0.717, 1.165) is 73.4 Å². The van der Waals surface area contributed by atoms with Crippen molar-refractivity contribution in [1.82, 2.24) is 4.90 Å². The molecule has 0 saturated carbocycles. The molecule has 3 fully saturated rings. The number of piperidine rings is 3. The van der Waals surface area contributed by atoms with Gasteiger partial charge < -0.3 is 15.2 Å². The fourth-order valence-electron chi connectivity index (χ4n) is 5.34. The second-order valence-corrected chi connectivity index (χ2v) is 10.1. The van der Waals surface area contributed by atoms with Gasteiger partial charge in [0.2, 0.25) is 0 Å². The van der Waals surface area contributed by atoms with Gasteiger partial charge in [0.1, 0.15) is 11.9 Å². The number of ether oxygens (including phenoxy) is 2. The molecule has 3 aliphatic rings. The first kappa shape index (κ1) is 26.0. The van der Waals surface area contributed by atoms with Crippen LogP contribution in [-0.4, -0.2) is 49.9 Å². The number of nitrogens with two attached hydrogens (primary N) is 1. The second kappa shape index (κ2) is 12.8. The van der Waals surface area contributed by atoms with E-state index in [9.17, 15) is 4.79 Å². The van der Waals surface area contributed by atoms with Crippen LogP contribution in [0.1, 0.15) is 30.4 Å². The number of nitrogens with one attached hydrogen (secondary N) is 1. The highest BCUT2D eigenvalue weighted by Gasteiger charge is 2.36. The van der Waals surface area contributed by atoms with Gasteiger partial charge in [-0.15, -0.1) is 0 Å². The van der Waals surface area contributed by atoms with Crippen LogP contribution in [0, 0.1) is 5.92 Å². The van der Waals surface area contributed by atoms with Crippen molar-refractivity contribution >= 4 is 17.9 Å². The monoisotopic (exact) mass is 511 g/mol. The van der Waals surface area contributed by atoms with Gasteiger partial charge in [0, 0.05) is 12.1 Å². The molecule has 0 spiro atoms. The van der Waals surface area contributed by atoms with E-state index >= 15 is 0 Å². The molecule has 0 aliphatic carbocycles. The Labute approximate surface area is 225 Å². The van der Waals surface area contributed by atoms with Gasteiger partial charge in [-0.3, -0.25) is 10.2 Å². The topological polar surface area (TPSA) is 76.8 Å². The maximum atomic E-state index is 12.9. The molecule has 3 aliphatic heterocycles. The average molecular weight is 512 g/mol. The molecule has 6 nitrogen and oxygen atoms in total. The third-order valence-electron chi connectivity index (χ3n) is 7.44. The van der Waals surface area contributed by atoms with Gasteiger partial charge in [-0.25, -0.2) is 4.79 Å². The van der Waals surface area contributed by atoms with Crippen molar-refractivity contribution in [2.24, 2.45) is 11.7 Å². The summed E-state index contributed by atoms with van der Waals surface area (Å²) in [5, 5.41) is 3.02. The summed E-state index contributed by atoms with van der Waals surface area (Å²) in [6.45, 7) is 4.33. The van der Waals surface area contributed by atoms with E-state index in [2.05, 4.69) is 52.7 Å². The molecule has 3 aromatic rings. The lowest BCUT2D eigenvalue weighted by Gasteiger charge is -2.43. The van der Waals surface area contributed by atoms with Crippen molar-refractivity contribution in [3.8, 4) is 16.9 Å². The molecule has 3 heterocycles. The van der Waals surface area contributed by atoms with E-state index < -0.39 is 0 Å². The number of amides is 1. The summed E-state index contributed by atoms with van der Waals surface area (Å²) in [5.74, 6) is 1.34. The smallest absolute Gasteiger partial charge is 0.411 e. The van der Waals surface area contributed by atoms with E-state index in [1.54, 1.807) is 0 Å². The Bertz CT molecular complexity index is 1220. The molecule has 3 saturated heterocycles. The van der Waals surface area contributed by atoms with Crippen molar-refractivity contribution in [3.05, 3.63) is 90.0 Å². The predicted molar refractivity (Wildman–Crippen MR) is 153 cm³/mol. The summed E-state index contributed by atoms with van der Waals surface area (Å²) < 4.78 is 11.7. The van der Waals surface area contributed by atoms with Crippen molar-refractivity contribution in [2.45, 2.75) is 31.8 Å². The van der Waals surface area contributed by atoms with Crippen LogP contribution >= 0.6 is 0 Å². The van der Waals surface area contributed by atoms with Crippen LogP contribution in [0.15, 0.2) is 78.9 Å². The molecular weight excluding hydrogens is 474 g/mol. The van der Waals surface area contributed by atoms with Gasteiger partial charge >= 0.3 is 6.09 Å². The van der Waals surface area contributed by atoms with Crippen molar-refractivity contribution in [3.63, 3.8) is 0 Å². The summed E-state index contributed by atoms with van der Waals surface area (Å²) in [6, 6.07) is 24.3. The van der Waals surface area contributed by atoms with Gasteiger partial charge in [-0.2, -0.15) is 0 Å². The van der Waals surface area contributed by atoms with Crippen molar-refractivity contribution in [2.75, 3.05) is 38.1 Å². The molecule has 0 radical (unpaired) electrons. The quantitative estimate of drug-likeness (QED) is 0.328. The van der Waals surface area contributed by atoms with Crippen LogP contribution in [0.25, 0.3) is 17.2 Å². The van der Waals surface area contributed by atoms with E-state index in [4.69, 9.17) is 15.2 Å². The highest BCUT2D eigenvalue weighted by Crippen LogP contribution is 2.32. The van der Waals surface area contributed by atoms with Crippen LogP contribution in [0.5, 0.6) is 5.75 Å². The molecule has 3 N–H and O–H groups in total. The first-order valence-corrected chi connectivity index (χ1v) is 13.7. The Hall–Kier alpha value is -3.61. The highest BCUT2D eigenvalue weighted by molar-refractivity contribution is 5.92. The first-order chi connectivity index (χ1) is 18.7. The molecule has 2 bridgehead atoms. The number of anilines is 1. The molecule has 6 heteroatoms. The number of carbonyl (C=O) groups is 1. The van der Waals surface area contributed by atoms with Gasteiger partial charge in [0.05, 0.1) is 12.3 Å². The molecule has 0 unspecified atom stereocenters. The standard InChI is InChI=1S/C32H37N3O3/c33-18-15-24-9-12-28(13-10-24)37-21-5-4-6-25-11-14-30(29(22-25)26-7-2-1-3-8-26)34-32(36)38-31-23-35-19-16-27(31)17-20-35/h1-4,6-14,22,27,31H,5,15-21,23,33H2,(H,34,36)/b6-4+/t31-/m0/s1. The van der Waals surface area contributed by atoms with Crippen molar-refractivity contribution < 1.29 is 14.3 Å². The Kier molecular flexibility index (Phi) is 8.74. The number of benzene rings is 3. The Morgan fingerprint density at radius 3 is 2.53 bits per heavy atom. The van der Waals surface area contributed by atoms with E-state index in [-0.39, 0.29) is 12.2 Å². The lowest BCUT2D eigenvalue weighted by molar-refractivity contribution is -0.0289. The van der Waals surface area contributed by atoms with Gasteiger partial charge in [0.15, 0.2) is 0 Å². The van der Waals surface area contributed by atoms with Crippen LogP contribution in [0.2, 0.25) is 0 Å². The lowest BCUT2D eigenvalue weighted by atomic mass is 9.86. The fourth-order valence-corrected chi connectivity index (χ4v) is 5.34. The number of fused-ring (bicyclic) bond motifs is 3. The maximum absolute atomic E-state index is 12.9. The SMILES string of the molecule is NCCc1ccc(OCC/C=C/c2ccc(NC(=O)O[C@H]3CN4CCC3CC4)c(-c3ccccc3)c2)cc1. The van der Waals surface area contributed by atoms with Gasteiger partial charge in [0.25, 0.3) is 0 Å². The zero-order chi connectivity index (χ0) is 26.2. The molecule has 1 atom stereocenters. The van der Waals surface area contributed by atoms with Gasteiger partial charge in [-0.1, -0.05) is 60.7 Å². The van der Waals surface area contributed by atoms with E-state index in [1.807, 2.05) is 42.5 Å². The van der Waals surface area contributed by atoms with Crippen LogP contribution < -0.4 is 15.8 Å². The third-order valence-corrected chi connectivity index (χ3v) is 7.44. The summed E-state index contributed by atoms with van der Waals surface area (Å²) in [5.41, 5.74) is 10.7. The number of carbonyl (C=O) groups excluding carboxylic acids is 1. The summed E-state index contributed by atoms with van der Waals surface area (Å²) in [6.07, 6.45) is 7.70. The predicted octanol–water partition coefficient (Wildman–Crippen LogP) is 5.98. The fraction of sp³-hybridized carbons (Fsp3) is 0.344. The van der Waals surface area contributed by atoms with Crippen LogP contribution in [0.4, 0.5) is 10.5 Å². The zero-order valence-electron chi connectivity index (χ0n) is 21.9. The van der Waals surface area contributed by atoms with Crippen LogP contribution in [0.3, 0.4) is 0 Å². The second-order valence-electron chi connectivity index (χ2n) is 10.1. The molecule has 6 rings (SSSR count). The van der Waals surface area contributed by atoms with Gasteiger partial charge in [-0.05, 0) is 92.2 Å². The molecule has 3 aromatic carbocycles. The van der Waals surface area contributed by atoms with Crippen LogP contribution in [-0.2, 0) is 11.2 Å². The minimum Gasteiger partial charge on any atom is -0.493 e. The van der Waals surface area contributed by atoms with E-state index in [0.29, 0.717) is 19.1 Å². The minimum absolute atomic E-state index is 0.0222. The zero-order valence-corrected chi connectivity index (χ0v) is 21.9. The molecule has 1 amide bonds. The lowest BCUT2D eigenvalue weighted by Crippen LogP contribution is -2.52. The summed E-state index contributed by atoms with van der Waals surface area (Å²) in [4.78, 5) is 15.2. The third kappa shape index (κ3) is 6.82. The van der Waals surface area contributed by atoms with Crippen molar-refractivity contribution in [1.29, 1.82) is 0 Å². The molecule has 0 aromatic heterocycles. The number of nitrogens with zero attached hydrogens (tertiary/aromatic N) is 1. The Balaban J connectivity index is 1.20. The number of hydrogen-bond acceptors (Lipinski definition) is 5. The first-order valence-electron chi connectivity index (χ1n) is 13.7. The summed E-state index contributed by atoms with van der Waals surface area (Å²) >= 11 is 0. The minimum atomic E-state index is -0.377. The normalized spacial score (nSPS) is 20.4. The number of rotatable bonds is 10. The maximum Gasteiger partial charge on any atom is 0.411 e. The Morgan fingerprint density at radius 2 is 1.82 bits per heavy atom. The highest BCUT2D eigenvalue weighted by atomic mass is 16.6. The van der Waals surface area contributed by atoms with E-state index in [1.165, 1.54) is 5.56 Å². The molecule has 38 heavy (non-hydrogen) atoms. The Morgan fingerprint density at radius 1 is 1.03 bits per heavy atom. The largest absolute Gasteiger partial charge is 0.493 e. The summed E-state index contributed by atoms with van der Waals surface area (Å²) in [7, 11) is 0. The average Bonchev–Trinajstić information content (AvgIpc) is 2.96.